The molecule has 0 aliphatic carbocycles. The molecule has 7 nitrogen and oxygen atoms in total. The number of hydrogen-bond donors (Lipinski definition) is 1. The highest BCUT2D eigenvalue weighted by molar-refractivity contribution is 7.89. The maximum absolute atomic E-state index is 12.4. The molecule has 0 atom stereocenters. The monoisotopic (exact) mass is 317 g/mol. The molecule has 120 valence electrons. The third-order valence-electron chi connectivity index (χ3n) is 3.15. The zero-order valence-electron chi connectivity index (χ0n) is 12.9. The van der Waals surface area contributed by atoms with Crippen LogP contribution in [0.3, 0.4) is 0 Å². The lowest BCUT2D eigenvalue weighted by Gasteiger charge is -2.17. The van der Waals surface area contributed by atoms with Gasteiger partial charge in [0, 0.05) is 40.0 Å². The minimum Gasteiger partial charge on any atom is -0.383 e. The van der Waals surface area contributed by atoms with Crippen molar-refractivity contribution in [2.45, 2.75) is 18.7 Å². The molecule has 21 heavy (non-hydrogen) atoms. The SMILES string of the molecule is CCN(CC)S(=O)(=O)c1cc(C(=O)NCCOC)n(C)c1. The molecular weight excluding hydrogens is 294 g/mol. The van der Waals surface area contributed by atoms with Crippen LogP contribution in [0.1, 0.15) is 24.3 Å². The highest BCUT2D eigenvalue weighted by Gasteiger charge is 2.25. The summed E-state index contributed by atoms with van der Waals surface area (Å²) in [6.45, 7) is 5.12. The molecule has 0 aliphatic rings. The van der Waals surface area contributed by atoms with Crippen molar-refractivity contribution in [1.29, 1.82) is 0 Å². The first-order valence-corrected chi connectivity index (χ1v) is 8.26. The third kappa shape index (κ3) is 4.05. The second kappa shape index (κ2) is 7.58. The fraction of sp³-hybridized carbons (Fsp3) is 0.615. The third-order valence-corrected chi connectivity index (χ3v) is 5.16. The number of carbonyl (C=O) groups excluding carboxylic acids is 1. The second-order valence-electron chi connectivity index (χ2n) is 4.51. The van der Waals surface area contributed by atoms with Gasteiger partial charge in [0.05, 0.1) is 6.61 Å². The smallest absolute Gasteiger partial charge is 0.268 e. The Morgan fingerprint density at radius 2 is 2.00 bits per heavy atom. The first kappa shape index (κ1) is 17.7. The summed E-state index contributed by atoms with van der Waals surface area (Å²) in [4.78, 5) is 12.1. The molecule has 0 bridgehead atoms. The molecule has 1 heterocycles. The number of aryl methyl sites for hydroxylation is 1. The van der Waals surface area contributed by atoms with Crippen molar-refractivity contribution in [2.24, 2.45) is 7.05 Å². The van der Waals surface area contributed by atoms with Crippen LogP contribution in [0.2, 0.25) is 0 Å². The molecule has 1 N–H and O–H groups in total. The number of nitrogens with zero attached hydrogens (tertiary/aromatic N) is 2. The van der Waals surface area contributed by atoms with Crippen molar-refractivity contribution in [3.05, 3.63) is 18.0 Å². The van der Waals surface area contributed by atoms with Crippen LogP contribution < -0.4 is 5.32 Å². The van der Waals surface area contributed by atoms with Crippen LogP contribution in [-0.2, 0) is 21.8 Å². The molecule has 0 saturated heterocycles. The maximum Gasteiger partial charge on any atom is 0.268 e. The Labute approximate surface area is 125 Å². The van der Waals surface area contributed by atoms with Gasteiger partial charge < -0.3 is 14.6 Å². The summed E-state index contributed by atoms with van der Waals surface area (Å²) >= 11 is 0. The highest BCUT2D eigenvalue weighted by Crippen LogP contribution is 2.18. The molecule has 1 aromatic rings. The van der Waals surface area contributed by atoms with Gasteiger partial charge in [-0.25, -0.2) is 8.42 Å². The molecule has 0 saturated carbocycles. The van der Waals surface area contributed by atoms with E-state index in [9.17, 15) is 13.2 Å². The molecule has 0 aliphatic heterocycles. The van der Waals surface area contributed by atoms with E-state index in [0.717, 1.165) is 0 Å². The maximum atomic E-state index is 12.4. The largest absolute Gasteiger partial charge is 0.383 e. The fourth-order valence-corrected chi connectivity index (χ4v) is 3.50. The Kier molecular flexibility index (Phi) is 6.38. The average Bonchev–Trinajstić information content (AvgIpc) is 2.83. The van der Waals surface area contributed by atoms with E-state index in [-0.39, 0.29) is 10.8 Å². The Morgan fingerprint density at radius 3 is 2.52 bits per heavy atom. The Bertz CT molecular complexity index is 576. The van der Waals surface area contributed by atoms with Crippen molar-refractivity contribution >= 4 is 15.9 Å². The van der Waals surface area contributed by atoms with Crippen molar-refractivity contribution < 1.29 is 17.9 Å². The van der Waals surface area contributed by atoms with Gasteiger partial charge in [0.15, 0.2) is 0 Å². The molecule has 0 spiro atoms. The summed E-state index contributed by atoms with van der Waals surface area (Å²) in [5, 5.41) is 2.67. The lowest BCUT2D eigenvalue weighted by Crippen LogP contribution is -2.30. The predicted octanol–water partition coefficient (Wildman–Crippen LogP) is 0.432. The lowest BCUT2D eigenvalue weighted by molar-refractivity contribution is 0.0929. The number of rotatable bonds is 8. The number of hydrogen-bond acceptors (Lipinski definition) is 4. The van der Waals surface area contributed by atoms with Gasteiger partial charge in [-0.1, -0.05) is 13.8 Å². The van der Waals surface area contributed by atoms with E-state index in [4.69, 9.17) is 4.74 Å². The quantitative estimate of drug-likeness (QED) is 0.705. The van der Waals surface area contributed by atoms with Crippen LogP contribution >= 0.6 is 0 Å². The Hall–Kier alpha value is -1.38. The number of aromatic nitrogens is 1. The lowest BCUT2D eigenvalue weighted by atomic mass is 10.4. The summed E-state index contributed by atoms with van der Waals surface area (Å²) in [6.07, 6.45) is 1.46. The Morgan fingerprint density at radius 1 is 1.38 bits per heavy atom. The van der Waals surface area contributed by atoms with Gasteiger partial charge in [0.25, 0.3) is 5.91 Å². The van der Waals surface area contributed by atoms with Crippen LogP contribution in [0.15, 0.2) is 17.2 Å². The molecule has 0 aromatic carbocycles. The van der Waals surface area contributed by atoms with E-state index in [1.165, 1.54) is 21.1 Å². The van der Waals surface area contributed by atoms with Gasteiger partial charge in [-0.2, -0.15) is 4.31 Å². The van der Waals surface area contributed by atoms with Crippen LogP contribution in [0.25, 0.3) is 0 Å². The molecule has 1 amide bonds. The predicted molar refractivity (Wildman–Crippen MR) is 79.7 cm³/mol. The second-order valence-corrected chi connectivity index (χ2v) is 6.45. The fourth-order valence-electron chi connectivity index (χ4n) is 1.97. The minimum atomic E-state index is -3.55. The van der Waals surface area contributed by atoms with Crippen LogP contribution in [0.4, 0.5) is 0 Å². The van der Waals surface area contributed by atoms with E-state index in [0.29, 0.717) is 31.9 Å². The zero-order valence-corrected chi connectivity index (χ0v) is 13.7. The van der Waals surface area contributed by atoms with Gasteiger partial charge in [0.2, 0.25) is 10.0 Å². The van der Waals surface area contributed by atoms with E-state index in [1.54, 1.807) is 28.0 Å². The Balaban J connectivity index is 2.99. The van der Waals surface area contributed by atoms with Gasteiger partial charge in [-0.3, -0.25) is 4.79 Å². The number of carbonyl (C=O) groups is 1. The molecule has 8 heteroatoms. The number of methoxy groups -OCH3 is 1. The van der Waals surface area contributed by atoms with Crippen molar-refractivity contribution in [2.75, 3.05) is 33.4 Å². The van der Waals surface area contributed by atoms with Crippen molar-refractivity contribution in [1.82, 2.24) is 14.2 Å². The molecular formula is C13H23N3O4S. The van der Waals surface area contributed by atoms with Crippen molar-refractivity contribution in [3.8, 4) is 0 Å². The van der Waals surface area contributed by atoms with Crippen molar-refractivity contribution in [3.63, 3.8) is 0 Å². The number of amides is 1. The summed E-state index contributed by atoms with van der Waals surface area (Å²) in [6, 6.07) is 1.40. The van der Waals surface area contributed by atoms with Gasteiger partial charge >= 0.3 is 0 Å². The summed E-state index contributed by atoms with van der Waals surface area (Å²) in [7, 11) is -0.363. The molecule has 1 aromatic heterocycles. The van der Waals surface area contributed by atoms with Gasteiger partial charge in [-0.15, -0.1) is 0 Å². The number of sulfonamides is 1. The first-order valence-electron chi connectivity index (χ1n) is 6.82. The number of ether oxygens (including phenoxy) is 1. The van der Waals surface area contributed by atoms with Gasteiger partial charge in [-0.05, 0) is 6.07 Å². The standard InChI is InChI=1S/C13H23N3O4S/c1-5-16(6-2)21(18,19)11-9-12(15(3)10-11)13(17)14-7-8-20-4/h9-10H,5-8H2,1-4H3,(H,14,17). The normalized spacial score (nSPS) is 11.9. The summed E-state index contributed by atoms with van der Waals surface area (Å²) in [5.41, 5.74) is 0.303. The topological polar surface area (TPSA) is 80.6 Å². The summed E-state index contributed by atoms with van der Waals surface area (Å²) in [5.74, 6) is -0.324. The molecule has 0 fully saturated rings. The van der Waals surface area contributed by atoms with E-state index in [2.05, 4.69) is 5.32 Å². The van der Waals surface area contributed by atoms with E-state index >= 15 is 0 Å². The van der Waals surface area contributed by atoms with Crippen LogP contribution in [0, 0.1) is 0 Å². The highest BCUT2D eigenvalue weighted by atomic mass is 32.2. The van der Waals surface area contributed by atoms with E-state index in [1.807, 2.05) is 0 Å². The minimum absolute atomic E-state index is 0.130. The molecule has 1 rings (SSSR count). The molecule has 0 radical (unpaired) electrons. The molecule has 0 unspecified atom stereocenters. The van der Waals surface area contributed by atoms with Gasteiger partial charge in [0.1, 0.15) is 10.6 Å². The first-order chi connectivity index (χ1) is 9.88. The van der Waals surface area contributed by atoms with E-state index < -0.39 is 10.0 Å². The van der Waals surface area contributed by atoms with Crippen LogP contribution in [-0.4, -0.2) is 56.5 Å². The zero-order chi connectivity index (χ0) is 16.0. The van der Waals surface area contributed by atoms with Crippen LogP contribution in [0.5, 0.6) is 0 Å². The summed E-state index contributed by atoms with van der Waals surface area (Å²) < 4.78 is 32.5. The average molecular weight is 317 g/mol. The number of nitrogens with one attached hydrogen (secondary N) is 1.